The van der Waals surface area contributed by atoms with Gasteiger partial charge in [0.1, 0.15) is 17.1 Å². The molecule has 190 valence electrons. The van der Waals surface area contributed by atoms with Crippen LogP contribution >= 0.6 is 0 Å². The largest absolute Gasteiger partial charge is 0.461 e. The molecule has 0 bridgehead atoms. The van der Waals surface area contributed by atoms with Crippen LogP contribution in [0.25, 0.3) is 28.0 Å². The number of hydrogen-bond donors (Lipinski definition) is 1. The highest BCUT2D eigenvalue weighted by atomic mass is 19.4. The van der Waals surface area contributed by atoms with Gasteiger partial charge >= 0.3 is 17.6 Å². The van der Waals surface area contributed by atoms with Gasteiger partial charge < -0.3 is 13.4 Å². The molecule has 0 aliphatic carbocycles. The lowest BCUT2D eigenvalue weighted by Crippen LogP contribution is -2.15. The maximum absolute atomic E-state index is 12.8. The third-order valence-electron chi connectivity index (χ3n) is 5.91. The maximum Gasteiger partial charge on any atom is 0.440 e. The average molecular weight is 511 g/mol. The fourth-order valence-corrected chi connectivity index (χ4v) is 3.88. The second-order valence-electron chi connectivity index (χ2n) is 8.50. The number of hydrogen-bond acceptors (Lipinski definition) is 6. The molecule has 8 nitrogen and oxygen atoms in total. The molecule has 1 N–H and O–H groups in total. The van der Waals surface area contributed by atoms with E-state index in [2.05, 4.69) is 4.98 Å². The Morgan fingerprint density at radius 3 is 2.51 bits per heavy atom. The van der Waals surface area contributed by atoms with Crippen LogP contribution in [0.15, 0.2) is 77.6 Å². The van der Waals surface area contributed by atoms with Crippen molar-refractivity contribution in [3.8, 4) is 11.5 Å². The molecule has 3 heterocycles. The van der Waals surface area contributed by atoms with Crippen LogP contribution in [0.1, 0.15) is 35.3 Å². The van der Waals surface area contributed by atoms with Crippen molar-refractivity contribution >= 4 is 16.5 Å². The van der Waals surface area contributed by atoms with Crippen LogP contribution in [0.3, 0.4) is 0 Å². The molecule has 0 saturated carbocycles. The average Bonchev–Trinajstić information content (AvgIpc) is 3.52. The van der Waals surface area contributed by atoms with Gasteiger partial charge in [-0.2, -0.15) is 13.2 Å². The van der Waals surface area contributed by atoms with Gasteiger partial charge in [-0.25, -0.2) is 19.6 Å². The van der Waals surface area contributed by atoms with E-state index in [0.29, 0.717) is 34.8 Å². The van der Waals surface area contributed by atoms with Gasteiger partial charge in [0.05, 0.1) is 24.2 Å². The summed E-state index contributed by atoms with van der Waals surface area (Å²) in [4.78, 5) is 29.2. The zero-order valence-corrected chi connectivity index (χ0v) is 19.7. The number of aromatic amines is 1. The number of benzene rings is 2. The predicted octanol–water partition coefficient (Wildman–Crippen LogP) is 5.55. The number of aromatic nitrogens is 3. The Bertz CT molecular complexity index is 1730. The molecule has 0 saturated heterocycles. The lowest BCUT2D eigenvalue weighted by atomic mass is 10.1. The smallest absolute Gasteiger partial charge is 0.440 e. The van der Waals surface area contributed by atoms with E-state index in [0.717, 1.165) is 33.4 Å². The summed E-state index contributed by atoms with van der Waals surface area (Å²) in [5.74, 6) is 0.612. The van der Waals surface area contributed by atoms with Crippen molar-refractivity contribution in [3.63, 3.8) is 0 Å². The summed E-state index contributed by atoms with van der Waals surface area (Å²) in [6.07, 6.45) is -2.31. The van der Waals surface area contributed by atoms with Crippen molar-refractivity contribution < 1.29 is 26.5 Å². The highest BCUT2D eigenvalue weighted by molar-refractivity contribution is 5.82. The molecule has 2 aromatic carbocycles. The SMILES string of the molecule is C/C(=C\Cn1oc(=O)[nH]c1=O)c1ccc2oc(Cc3nc(-c4ccc(C(F)(F)F)cc4)oc3C)cc2c1. The van der Waals surface area contributed by atoms with Gasteiger partial charge in [-0.15, -0.1) is 4.74 Å². The summed E-state index contributed by atoms with van der Waals surface area (Å²) in [5, 5.41) is 0.856. The number of allylic oxidation sites excluding steroid dienone is 2. The fourth-order valence-electron chi connectivity index (χ4n) is 3.88. The van der Waals surface area contributed by atoms with E-state index in [4.69, 9.17) is 13.4 Å². The van der Waals surface area contributed by atoms with Gasteiger partial charge in [0.25, 0.3) is 0 Å². The van der Waals surface area contributed by atoms with Crippen LogP contribution in [0.5, 0.6) is 0 Å². The molecule has 0 aliphatic heterocycles. The first-order chi connectivity index (χ1) is 17.6. The number of aryl methyl sites for hydroxylation is 1. The third kappa shape index (κ3) is 5.06. The van der Waals surface area contributed by atoms with Crippen LogP contribution in [0, 0.1) is 6.92 Å². The fraction of sp³-hybridized carbons (Fsp3) is 0.192. The van der Waals surface area contributed by atoms with Gasteiger partial charge in [-0.3, -0.25) is 0 Å². The molecule has 37 heavy (non-hydrogen) atoms. The molecule has 0 aliphatic rings. The zero-order valence-electron chi connectivity index (χ0n) is 19.7. The van der Waals surface area contributed by atoms with E-state index in [9.17, 15) is 22.8 Å². The molecule has 0 radical (unpaired) electrons. The van der Waals surface area contributed by atoms with Crippen molar-refractivity contribution in [1.29, 1.82) is 0 Å². The Labute approximate surface area is 206 Å². The topological polar surface area (TPSA) is 107 Å². The Morgan fingerprint density at radius 1 is 1.08 bits per heavy atom. The standard InChI is InChI=1S/C26H20F3N3O5/c1-14(9-10-32-24(33)31-25(34)37-32)17-5-8-22-18(11-17)12-20(36-22)13-21-15(2)35-23(30-21)16-3-6-19(7-4-16)26(27,28)29/h3-9,11-12H,10,13H2,1-2H3,(H,31,33,34)/b14-9+. The molecule has 5 rings (SSSR count). The van der Waals surface area contributed by atoms with E-state index in [1.54, 1.807) is 13.0 Å². The quantitative estimate of drug-likeness (QED) is 0.320. The molecule has 11 heteroatoms. The minimum Gasteiger partial charge on any atom is -0.461 e. The molecule has 3 aromatic heterocycles. The summed E-state index contributed by atoms with van der Waals surface area (Å²) in [5.41, 5.74) is 2.14. The number of halogens is 3. The van der Waals surface area contributed by atoms with Gasteiger partial charge in [0, 0.05) is 10.9 Å². The van der Waals surface area contributed by atoms with Crippen molar-refractivity contribution in [2.75, 3.05) is 0 Å². The molecule has 0 unspecified atom stereocenters. The Morgan fingerprint density at radius 2 is 1.84 bits per heavy atom. The lowest BCUT2D eigenvalue weighted by molar-refractivity contribution is -0.137. The number of alkyl halides is 3. The predicted molar refractivity (Wildman–Crippen MR) is 128 cm³/mol. The number of H-pyrrole nitrogens is 1. The van der Waals surface area contributed by atoms with Crippen LogP contribution < -0.4 is 11.4 Å². The van der Waals surface area contributed by atoms with Crippen molar-refractivity contribution in [1.82, 2.24) is 14.7 Å². The normalized spacial score (nSPS) is 12.5. The number of furan rings is 1. The van der Waals surface area contributed by atoms with Crippen LogP contribution in [0.2, 0.25) is 0 Å². The van der Waals surface area contributed by atoms with Crippen molar-refractivity contribution in [2.45, 2.75) is 33.0 Å². The molecule has 0 fully saturated rings. The number of fused-ring (bicyclic) bond motifs is 1. The van der Waals surface area contributed by atoms with Crippen molar-refractivity contribution in [3.05, 3.63) is 104 Å². The Kier molecular flexibility index (Phi) is 5.98. The number of nitrogens with zero attached hydrogens (tertiary/aromatic N) is 2. The summed E-state index contributed by atoms with van der Waals surface area (Å²) in [6, 6.07) is 12.2. The number of oxazole rings is 1. The highest BCUT2D eigenvalue weighted by Crippen LogP contribution is 2.32. The van der Waals surface area contributed by atoms with Gasteiger partial charge in [0.15, 0.2) is 0 Å². The van der Waals surface area contributed by atoms with E-state index in [1.165, 1.54) is 12.1 Å². The maximum atomic E-state index is 12.8. The van der Waals surface area contributed by atoms with Crippen molar-refractivity contribution in [2.24, 2.45) is 0 Å². The second kappa shape index (κ2) is 9.16. The molecule has 0 atom stereocenters. The highest BCUT2D eigenvalue weighted by Gasteiger charge is 2.30. The van der Waals surface area contributed by atoms with Crippen LogP contribution in [-0.2, 0) is 19.1 Å². The molecular weight excluding hydrogens is 491 g/mol. The summed E-state index contributed by atoms with van der Waals surface area (Å²) < 4.78 is 55.8. The van der Waals surface area contributed by atoms with Crippen LogP contribution in [0.4, 0.5) is 13.2 Å². The summed E-state index contributed by atoms with van der Waals surface area (Å²) in [6.45, 7) is 3.72. The molecular formula is C26H20F3N3O5. The minimum absolute atomic E-state index is 0.102. The Hall–Kier alpha value is -4.54. The zero-order chi connectivity index (χ0) is 26.3. The van der Waals surface area contributed by atoms with Gasteiger partial charge in [0.2, 0.25) is 5.89 Å². The number of nitrogens with one attached hydrogen (secondary N) is 1. The van der Waals surface area contributed by atoms with Gasteiger partial charge in [-0.05, 0) is 67.4 Å². The molecule has 0 spiro atoms. The van der Waals surface area contributed by atoms with E-state index >= 15 is 0 Å². The third-order valence-corrected chi connectivity index (χ3v) is 5.91. The first kappa shape index (κ1) is 24.2. The van der Waals surface area contributed by atoms with E-state index < -0.39 is 23.2 Å². The first-order valence-corrected chi connectivity index (χ1v) is 11.2. The monoisotopic (exact) mass is 511 g/mol. The van der Waals surface area contributed by atoms with Gasteiger partial charge in [-0.1, -0.05) is 12.1 Å². The second-order valence-corrected chi connectivity index (χ2v) is 8.50. The molecule has 5 aromatic rings. The molecule has 0 amide bonds. The summed E-state index contributed by atoms with van der Waals surface area (Å²) in [7, 11) is 0. The van der Waals surface area contributed by atoms with Crippen LogP contribution in [-0.4, -0.2) is 14.7 Å². The lowest BCUT2D eigenvalue weighted by Gasteiger charge is -2.06. The first-order valence-electron chi connectivity index (χ1n) is 11.2. The van der Waals surface area contributed by atoms with E-state index in [1.807, 2.05) is 36.2 Å². The van der Waals surface area contributed by atoms with E-state index in [-0.39, 0.29) is 12.4 Å². The number of rotatable bonds is 6. The Balaban J connectivity index is 1.34. The minimum atomic E-state index is -4.41. The summed E-state index contributed by atoms with van der Waals surface area (Å²) >= 11 is 0.